The van der Waals surface area contributed by atoms with E-state index in [1.54, 1.807) is 0 Å². The maximum absolute atomic E-state index is 13.0. The van der Waals surface area contributed by atoms with Crippen LogP contribution in [0.15, 0.2) is 0 Å². The van der Waals surface area contributed by atoms with E-state index in [4.69, 9.17) is 14.2 Å². The number of nitrogens with one attached hydrogen (secondary N) is 2. The Labute approximate surface area is 202 Å². The van der Waals surface area contributed by atoms with Crippen LogP contribution in [0.1, 0.15) is 82.6 Å². The van der Waals surface area contributed by atoms with Gasteiger partial charge in [-0.25, -0.2) is 0 Å². The van der Waals surface area contributed by atoms with Crippen LogP contribution in [0.5, 0.6) is 0 Å². The summed E-state index contributed by atoms with van der Waals surface area (Å²) in [5.41, 5.74) is -0.298. The molecule has 0 radical (unpaired) electrons. The van der Waals surface area contributed by atoms with Crippen LogP contribution in [0, 0.1) is 23.2 Å². The number of hydrogen-bond acceptors (Lipinski definition) is 6. The third-order valence-electron chi connectivity index (χ3n) is 6.08. The highest BCUT2D eigenvalue weighted by molar-refractivity contribution is 5.84. The van der Waals surface area contributed by atoms with Gasteiger partial charge in [-0.1, -0.05) is 41.5 Å². The molecule has 1 aliphatic heterocycles. The first kappa shape index (κ1) is 30.0. The van der Waals surface area contributed by atoms with Gasteiger partial charge in [0.25, 0.3) is 0 Å². The molecule has 7 heteroatoms. The van der Waals surface area contributed by atoms with Crippen LogP contribution in [0.3, 0.4) is 0 Å². The van der Waals surface area contributed by atoms with Gasteiger partial charge in [-0.3, -0.25) is 9.59 Å². The molecular weight excluding hydrogens is 420 g/mol. The summed E-state index contributed by atoms with van der Waals surface area (Å²) >= 11 is 0. The largest absolute Gasteiger partial charge is 0.369 e. The van der Waals surface area contributed by atoms with Crippen molar-refractivity contribution in [1.29, 1.82) is 0 Å². The predicted molar refractivity (Wildman–Crippen MR) is 132 cm³/mol. The Hall–Kier alpha value is -1.02. The molecule has 1 heterocycles. The number of hydrogen-bond donors (Lipinski definition) is 2. The van der Waals surface area contributed by atoms with Crippen LogP contribution in [-0.4, -0.2) is 61.5 Å². The average Bonchev–Trinajstić information content (AvgIpc) is 2.63. The van der Waals surface area contributed by atoms with E-state index in [2.05, 4.69) is 72.9 Å². The van der Waals surface area contributed by atoms with Crippen molar-refractivity contribution in [1.82, 2.24) is 10.6 Å². The Morgan fingerprint density at radius 3 is 2.09 bits per heavy atom. The summed E-state index contributed by atoms with van der Waals surface area (Å²) in [4.78, 5) is 24.9. The van der Waals surface area contributed by atoms with E-state index in [1.807, 2.05) is 13.8 Å². The Morgan fingerprint density at radius 1 is 0.970 bits per heavy atom. The molecule has 0 aliphatic carbocycles. The lowest BCUT2D eigenvalue weighted by atomic mass is 9.79. The molecule has 1 rings (SSSR count). The number of carbonyl (C=O) groups is 2. The number of carbonyl (C=O) groups excluding carboxylic acids is 2. The van der Waals surface area contributed by atoms with Gasteiger partial charge in [0, 0.05) is 23.9 Å². The average molecular weight is 471 g/mol. The van der Waals surface area contributed by atoms with E-state index in [9.17, 15) is 9.59 Å². The quantitative estimate of drug-likeness (QED) is 0.476. The van der Waals surface area contributed by atoms with Gasteiger partial charge in [0.1, 0.15) is 6.61 Å². The van der Waals surface area contributed by atoms with Crippen LogP contribution in [0.25, 0.3) is 0 Å². The van der Waals surface area contributed by atoms with Gasteiger partial charge in [-0.05, 0) is 51.9 Å². The highest BCUT2D eigenvalue weighted by Gasteiger charge is 2.40. The molecule has 33 heavy (non-hydrogen) atoms. The van der Waals surface area contributed by atoms with Gasteiger partial charge in [-0.15, -0.1) is 0 Å². The van der Waals surface area contributed by atoms with Crippen molar-refractivity contribution >= 4 is 11.7 Å². The minimum absolute atomic E-state index is 0.0130. The van der Waals surface area contributed by atoms with Crippen molar-refractivity contribution in [2.45, 2.75) is 113 Å². The fourth-order valence-corrected chi connectivity index (χ4v) is 4.07. The summed E-state index contributed by atoms with van der Waals surface area (Å²) in [6.45, 7) is 23.3. The van der Waals surface area contributed by atoms with E-state index in [-0.39, 0.29) is 59.8 Å². The molecule has 1 saturated heterocycles. The van der Waals surface area contributed by atoms with Crippen LogP contribution in [0.4, 0.5) is 0 Å². The first-order valence-corrected chi connectivity index (χ1v) is 12.4. The van der Waals surface area contributed by atoms with E-state index < -0.39 is 12.3 Å². The lowest BCUT2D eigenvalue weighted by Crippen LogP contribution is -2.53. The summed E-state index contributed by atoms with van der Waals surface area (Å²) in [6, 6.07) is -0.315. The number of ketones is 1. The van der Waals surface area contributed by atoms with Gasteiger partial charge in [-0.2, -0.15) is 0 Å². The summed E-state index contributed by atoms with van der Waals surface area (Å²) in [7, 11) is 0. The Kier molecular flexibility index (Phi) is 11.5. The second-order valence-corrected chi connectivity index (χ2v) is 12.3. The third kappa shape index (κ3) is 11.3. The van der Waals surface area contributed by atoms with Gasteiger partial charge in [0.15, 0.2) is 12.1 Å². The van der Waals surface area contributed by atoms with Crippen LogP contribution < -0.4 is 10.6 Å². The van der Waals surface area contributed by atoms with E-state index in [0.29, 0.717) is 18.9 Å². The molecule has 194 valence electrons. The topological polar surface area (TPSA) is 85.9 Å². The summed E-state index contributed by atoms with van der Waals surface area (Å²) < 4.78 is 18.2. The zero-order valence-electron chi connectivity index (χ0n) is 22.9. The maximum Gasteiger partial charge on any atom is 0.246 e. The van der Waals surface area contributed by atoms with Crippen molar-refractivity contribution in [2.24, 2.45) is 23.2 Å². The molecule has 7 nitrogen and oxygen atoms in total. The standard InChI is InChI=1S/C26H50N2O5/c1-16(2)27-23(30)15-31-14-22-18(4)17(3)19(5)24(33-22)32-13-20(28-26(9,10)11)21(29)12-25(6,7)8/h16-20,22,24,28H,12-15H2,1-11H3,(H,27,30)/t17-,18?,19?,20?,22?,24+/m0/s1. The number of ether oxygens (including phenoxy) is 3. The molecule has 0 saturated carbocycles. The van der Waals surface area contributed by atoms with E-state index in [0.717, 1.165) is 0 Å². The predicted octanol–water partition coefficient (Wildman–Crippen LogP) is 3.94. The first-order valence-electron chi connectivity index (χ1n) is 12.4. The second-order valence-electron chi connectivity index (χ2n) is 12.3. The number of Topliss-reactive ketones (excluding diaryl/α,β-unsaturated/α-hetero) is 1. The van der Waals surface area contributed by atoms with Gasteiger partial charge in [0.05, 0.1) is 25.4 Å². The first-order chi connectivity index (χ1) is 15.0. The second kappa shape index (κ2) is 12.6. The summed E-state index contributed by atoms with van der Waals surface area (Å²) in [6.07, 6.45) is -0.124. The Bertz CT molecular complexity index is 623. The maximum atomic E-state index is 13.0. The third-order valence-corrected chi connectivity index (χ3v) is 6.08. The van der Waals surface area contributed by atoms with Crippen molar-refractivity contribution in [2.75, 3.05) is 19.8 Å². The number of amides is 1. The SMILES string of the molecule is CC(C)NC(=O)COCC1O[C@@H](OCC(NC(C)(C)C)C(=O)CC(C)(C)C)C(C)[C@@H](C)C1C. The summed E-state index contributed by atoms with van der Waals surface area (Å²) in [5.74, 6) is 0.808. The minimum atomic E-state index is -0.430. The lowest BCUT2D eigenvalue weighted by Gasteiger charge is -2.43. The van der Waals surface area contributed by atoms with Gasteiger partial charge < -0.3 is 24.8 Å². The molecule has 1 aliphatic rings. The monoisotopic (exact) mass is 470 g/mol. The molecule has 0 spiro atoms. The van der Waals surface area contributed by atoms with Crippen LogP contribution in [-0.2, 0) is 23.8 Å². The molecule has 4 unspecified atom stereocenters. The van der Waals surface area contributed by atoms with Crippen molar-refractivity contribution < 1.29 is 23.8 Å². The van der Waals surface area contributed by atoms with Crippen LogP contribution in [0.2, 0.25) is 0 Å². The normalized spacial score (nSPS) is 27.5. The van der Waals surface area contributed by atoms with Crippen molar-refractivity contribution in [3.05, 3.63) is 0 Å². The molecule has 1 amide bonds. The fraction of sp³-hybridized carbons (Fsp3) is 0.923. The molecule has 0 aromatic carbocycles. The van der Waals surface area contributed by atoms with Gasteiger partial charge >= 0.3 is 0 Å². The number of rotatable bonds is 11. The highest BCUT2D eigenvalue weighted by Crippen LogP contribution is 2.35. The van der Waals surface area contributed by atoms with Gasteiger partial charge in [0.2, 0.25) is 5.91 Å². The highest BCUT2D eigenvalue weighted by atomic mass is 16.7. The zero-order chi connectivity index (χ0) is 25.6. The molecule has 1 fully saturated rings. The molecule has 0 bridgehead atoms. The van der Waals surface area contributed by atoms with E-state index >= 15 is 0 Å². The van der Waals surface area contributed by atoms with Crippen LogP contribution >= 0.6 is 0 Å². The molecule has 6 atom stereocenters. The molecule has 0 aromatic rings. The zero-order valence-corrected chi connectivity index (χ0v) is 22.9. The minimum Gasteiger partial charge on any atom is -0.369 e. The van der Waals surface area contributed by atoms with Crippen molar-refractivity contribution in [3.8, 4) is 0 Å². The molecule has 0 aromatic heterocycles. The summed E-state index contributed by atoms with van der Waals surface area (Å²) in [5, 5.41) is 6.25. The van der Waals surface area contributed by atoms with E-state index in [1.165, 1.54) is 0 Å². The Morgan fingerprint density at radius 2 is 1.58 bits per heavy atom. The molecular formula is C26H50N2O5. The fourth-order valence-electron chi connectivity index (χ4n) is 4.07. The smallest absolute Gasteiger partial charge is 0.246 e. The lowest BCUT2D eigenvalue weighted by molar-refractivity contribution is -0.257. The van der Waals surface area contributed by atoms with Crippen molar-refractivity contribution in [3.63, 3.8) is 0 Å². The Balaban J connectivity index is 2.77. The molecule has 2 N–H and O–H groups in total.